The van der Waals surface area contributed by atoms with Gasteiger partial charge in [0.25, 0.3) is 5.69 Å². The number of nitrogens with zero attached hydrogens (tertiary/aromatic N) is 1. The van der Waals surface area contributed by atoms with Crippen LogP contribution < -0.4 is 18.6 Å². The van der Waals surface area contributed by atoms with Crippen LogP contribution in [0.25, 0.3) is 34.4 Å². The summed E-state index contributed by atoms with van der Waals surface area (Å²) in [5.41, 5.74) is 3.82. The van der Waals surface area contributed by atoms with Gasteiger partial charge in [-0.15, -0.1) is 10.2 Å². The molecule has 0 N–H and O–H groups in total. The second kappa shape index (κ2) is 10.1. The summed E-state index contributed by atoms with van der Waals surface area (Å²) in [6, 6.07) is 26.3. The Bertz CT molecular complexity index is 1230. The fourth-order valence-corrected chi connectivity index (χ4v) is 2.94. The molecule has 4 rings (SSSR count). The van der Waals surface area contributed by atoms with Crippen molar-refractivity contribution in [2.45, 2.75) is 0 Å². The van der Waals surface area contributed by atoms with Gasteiger partial charge in [-0.25, -0.2) is 23.1 Å². The molecule has 0 aliphatic rings. The first-order chi connectivity index (χ1) is 15.2. The number of halogens is 1. The number of hydrogen-bond donors (Lipinski definition) is 0. The Kier molecular flexibility index (Phi) is 7.26. The van der Waals surface area contributed by atoms with E-state index in [1.807, 2.05) is 72.8 Å². The Morgan fingerprint density at radius 2 is 1.38 bits per heavy atom. The summed E-state index contributed by atoms with van der Waals surface area (Å²) >= 11 is 0. The van der Waals surface area contributed by atoms with Crippen molar-refractivity contribution in [2.24, 2.45) is 0 Å². The van der Waals surface area contributed by atoms with Gasteiger partial charge in [-0.1, -0.05) is 42.5 Å². The van der Waals surface area contributed by atoms with Crippen LogP contribution in [0, 0.1) is 20.4 Å². The van der Waals surface area contributed by atoms with Crippen molar-refractivity contribution in [3.63, 3.8) is 0 Å². The van der Waals surface area contributed by atoms with Crippen LogP contribution in [0.15, 0.2) is 89.3 Å². The monoisotopic (exact) mass is 453 g/mol. The van der Waals surface area contributed by atoms with Gasteiger partial charge in [0.1, 0.15) is 0 Å². The number of non-ortho nitro benzene ring substituents is 1. The number of para-hydroxylation sites is 1. The molecular weight excluding hydrogens is 438 g/mol. The second-order valence-electron chi connectivity index (χ2n) is 6.49. The van der Waals surface area contributed by atoms with Gasteiger partial charge in [0.05, 0.1) is 21.9 Å². The fourth-order valence-electron chi connectivity index (χ4n) is 2.94. The standard InChI is InChI=1S/C23H16NO3.ClHO4/c25-24(26)20-14-11-17(12-15-20)10-13-19-16-23(18-6-2-1-3-7-18)27-22-9-5-4-8-21(19)22;2-1(3,4)5/h1-16H;(H,2,3,4,5)/q+1;/p-1. The summed E-state index contributed by atoms with van der Waals surface area (Å²) in [7, 11) is -4.94. The van der Waals surface area contributed by atoms with E-state index in [-0.39, 0.29) is 5.69 Å². The predicted molar refractivity (Wildman–Crippen MR) is 108 cm³/mol. The van der Waals surface area contributed by atoms with Crippen molar-refractivity contribution < 1.29 is 38.2 Å². The first kappa shape index (κ1) is 23.0. The zero-order chi connectivity index (χ0) is 23.1. The third kappa shape index (κ3) is 6.67. The summed E-state index contributed by atoms with van der Waals surface area (Å²) in [5, 5.41) is 11.8. The molecule has 8 nitrogen and oxygen atoms in total. The molecule has 0 atom stereocenters. The Labute approximate surface area is 184 Å². The van der Waals surface area contributed by atoms with E-state index in [0.29, 0.717) is 0 Å². The normalized spacial score (nSPS) is 11.2. The predicted octanol–water partition coefficient (Wildman–Crippen LogP) is 1.70. The van der Waals surface area contributed by atoms with Gasteiger partial charge >= 0.3 is 11.3 Å². The highest BCUT2D eigenvalue weighted by Crippen LogP contribution is 2.29. The molecule has 0 spiro atoms. The summed E-state index contributed by atoms with van der Waals surface area (Å²) in [4.78, 5) is 10.4. The highest BCUT2D eigenvalue weighted by Gasteiger charge is 2.17. The maximum absolute atomic E-state index is 10.8. The molecule has 0 aliphatic heterocycles. The summed E-state index contributed by atoms with van der Waals surface area (Å²) in [5.74, 6) is 0.789. The fraction of sp³-hybridized carbons (Fsp3) is 0. The molecule has 4 aromatic rings. The van der Waals surface area contributed by atoms with Gasteiger partial charge in [-0.05, 0) is 35.9 Å². The number of nitro benzene ring substituents is 1. The molecule has 0 bridgehead atoms. The van der Waals surface area contributed by atoms with Gasteiger partial charge in [-0.2, -0.15) is 0 Å². The van der Waals surface area contributed by atoms with E-state index in [9.17, 15) is 10.1 Å². The SMILES string of the molecule is O=[N+]([O-])c1ccc(C=Cc2cc(-c3ccccc3)[o+]c3ccccc23)cc1.[O-][Cl+3]([O-])([O-])[O-]. The summed E-state index contributed by atoms with van der Waals surface area (Å²) < 4.78 is 40.0. The maximum atomic E-state index is 10.8. The minimum Gasteiger partial charge on any atom is -0.258 e. The molecule has 0 aliphatic carbocycles. The first-order valence-corrected chi connectivity index (χ1v) is 10.4. The lowest BCUT2D eigenvalue weighted by molar-refractivity contribution is -2.00. The van der Waals surface area contributed by atoms with Crippen LogP contribution >= 0.6 is 0 Å². The van der Waals surface area contributed by atoms with Gasteiger partial charge in [0.2, 0.25) is 0 Å². The lowest BCUT2D eigenvalue weighted by atomic mass is 10.0. The molecule has 0 unspecified atom stereocenters. The Morgan fingerprint density at radius 3 is 2.00 bits per heavy atom. The van der Waals surface area contributed by atoms with Crippen LogP contribution in [0.5, 0.6) is 0 Å². The van der Waals surface area contributed by atoms with E-state index in [1.165, 1.54) is 12.1 Å². The van der Waals surface area contributed by atoms with Crippen LogP contribution in [0.1, 0.15) is 11.1 Å². The second-order valence-corrected chi connectivity index (χ2v) is 7.24. The van der Waals surface area contributed by atoms with E-state index >= 15 is 0 Å². The van der Waals surface area contributed by atoms with Crippen molar-refractivity contribution in [3.05, 3.63) is 106 Å². The Balaban J connectivity index is 0.000000523. The molecule has 32 heavy (non-hydrogen) atoms. The van der Waals surface area contributed by atoms with Crippen LogP contribution in [-0.4, -0.2) is 4.92 Å². The topological polar surface area (TPSA) is 147 Å². The van der Waals surface area contributed by atoms with Crippen LogP contribution in [0.4, 0.5) is 5.69 Å². The molecule has 9 heteroatoms. The highest BCUT2D eigenvalue weighted by atomic mass is 35.7. The molecule has 0 amide bonds. The summed E-state index contributed by atoms with van der Waals surface area (Å²) in [6.45, 7) is 0. The third-order valence-electron chi connectivity index (χ3n) is 4.32. The summed E-state index contributed by atoms with van der Waals surface area (Å²) in [6.07, 6.45) is 3.95. The number of benzene rings is 3. The van der Waals surface area contributed by atoms with E-state index in [2.05, 4.69) is 0 Å². The smallest absolute Gasteiger partial charge is 0.258 e. The molecule has 0 saturated heterocycles. The molecule has 0 fully saturated rings. The first-order valence-electron chi connectivity index (χ1n) is 9.16. The zero-order valence-corrected chi connectivity index (χ0v) is 17.2. The van der Waals surface area contributed by atoms with E-state index in [1.54, 1.807) is 12.1 Å². The third-order valence-corrected chi connectivity index (χ3v) is 4.32. The Morgan fingerprint density at radius 1 is 0.781 bits per heavy atom. The van der Waals surface area contributed by atoms with Crippen LogP contribution in [0.2, 0.25) is 0 Å². The quantitative estimate of drug-likeness (QED) is 0.259. The lowest BCUT2D eigenvalue weighted by Crippen LogP contribution is -2.68. The molecule has 162 valence electrons. The van der Waals surface area contributed by atoms with Crippen molar-refractivity contribution in [3.8, 4) is 11.3 Å². The minimum atomic E-state index is -4.94. The van der Waals surface area contributed by atoms with E-state index in [4.69, 9.17) is 23.1 Å². The van der Waals surface area contributed by atoms with Gasteiger partial charge in [0.15, 0.2) is 0 Å². The van der Waals surface area contributed by atoms with Crippen LogP contribution in [-0.2, 0) is 0 Å². The van der Waals surface area contributed by atoms with Crippen molar-refractivity contribution in [2.75, 3.05) is 0 Å². The minimum absolute atomic E-state index is 0.0856. The number of rotatable bonds is 4. The molecule has 1 aromatic heterocycles. The molecular formula is C23H16ClNO7. The number of nitro groups is 1. The van der Waals surface area contributed by atoms with Crippen LogP contribution in [0.3, 0.4) is 0 Å². The number of hydrogen-bond acceptors (Lipinski definition) is 6. The molecule has 3 aromatic carbocycles. The zero-order valence-electron chi connectivity index (χ0n) is 16.4. The Hall–Kier alpha value is -3.66. The average molecular weight is 454 g/mol. The van der Waals surface area contributed by atoms with Gasteiger partial charge in [0, 0.05) is 23.8 Å². The largest absolute Gasteiger partial charge is 0.361 e. The van der Waals surface area contributed by atoms with Crippen molar-refractivity contribution in [1.29, 1.82) is 0 Å². The molecule has 1 heterocycles. The molecule has 0 saturated carbocycles. The van der Waals surface area contributed by atoms with Crippen molar-refractivity contribution in [1.82, 2.24) is 0 Å². The van der Waals surface area contributed by atoms with Gasteiger partial charge < -0.3 is 0 Å². The van der Waals surface area contributed by atoms with E-state index < -0.39 is 15.2 Å². The lowest BCUT2D eigenvalue weighted by Gasteiger charge is -2.17. The molecule has 0 radical (unpaired) electrons. The maximum Gasteiger partial charge on any atom is 0.361 e. The highest BCUT2D eigenvalue weighted by molar-refractivity contribution is 5.91. The average Bonchev–Trinajstić information content (AvgIpc) is 2.77. The van der Waals surface area contributed by atoms with Gasteiger partial charge in [-0.3, -0.25) is 10.1 Å². The van der Waals surface area contributed by atoms with E-state index in [0.717, 1.165) is 33.4 Å². The van der Waals surface area contributed by atoms with Crippen molar-refractivity contribution >= 4 is 28.8 Å². The number of fused-ring (bicyclic) bond motifs is 1.